The van der Waals surface area contributed by atoms with Crippen LogP contribution in [0, 0.1) is 0 Å². The first-order valence-corrected chi connectivity index (χ1v) is 12.5. The van der Waals surface area contributed by atoms with Crippen molar-refractivity contribution in [3.63, 3.8) is 0 Å². The van der Waals surface area contributed by atoms with E-state index < -0.39 is 72.8 Å². The van der Waals surface area contributed by atoms with Crippen molar-refractivity contribution in [1.82, 2.24) is 0 Å². The fraction of sp³-hybridized carbons (Fsp3) is 0.519. The van der Waals surface area contributed by atoms with Crippen molar-refractivity contribution in [2.45, 2.75) is 84.0 Å². The van der Waals surface area contributed by atoms with Crippen molar-refractivity contribution >= 4 is 29.8 Å². The Morgan fingerprint density at radius 1 is 0.775 bits per heavy atom. The number of carbonyl (C=O) groups excluding carboxylic acids is 5. The molecule has 7 atom stereocenters. The first-order valence-electron chi connectivity index (χ1n) is 12.5. The average molecular weight is 565 g/mol. The minimum Gasteiger partial charge on any atom is -0.493 e. The number of esters is 5. The van der Waals surface area contributed by atoms with Crippen LogP contribution in [0.25, 0.3) is 0 Å². The molecule has 1 aromatic rings. The van der Waals surface area contributed by atoms with Crippen LogP contribution in [0.3, 0.4) is 0 Å². The lowest BCUT2D eigenvalue weighted by atomic mass is 9.97. The molecule has 13 nitrogen and oxygen atoms in total. The van der Waals surface area contributed by atoms with Gasteiger partial charge in [0, 0.05) is 46.6 Å². The van der Waals surface area contributed by atoms with Gasteiger partial charge >= 0.3 is 29.8 Å². The van der Waals surface area contributed by atoms with Crippen LogP contribution < -0.4 is 4.74 Å². The van der Waals surface area contributed by atoms with Gasteiger partial charge in [-0.2, -0.15) is 0 Å². The highest BCUT2D eigenvalue weighted by Crippen LogP contribution is 2.37. The third-order valence-electron chi connectivity index (χ3n) is 5.76. The number of ether oxygens (including phenoxy) is 8. The molecule has 0 spiro atoms. The highest BCUT2D eigenvalue weighted by molar-refractivity contribution is 5.69. The second kappa shape index (κ2) is 13.8. The summed E-state index contributed by atoms with van der Waals surface area (Å²) in [5, 5.41) is 0. The number of hydrogen-bond acceptors (Lipinski definition) is 13. The van der Waals surface area contributed by atoms with E-state index in [-0.39, 0.29) is 18.8 Å². The molecule has 3 rings (SSSR count). The van der Waals surface area contributed by atoms with E-state index in [2.05, 4.69) is 0 Å². The maximum atomic E-state index is 12.1. The molecule has 0 bridgehead atoms. The van der Waals surface area contributed by atoms with Crippen LogP contribution in [-0.2, 0) is 57.1 Å². The molecule has 0 amide bonds. The maximum Gasteiger partial charge on any atom is 0.303 e. The Kier molecular flexibility index (Phi) is 10.5. The molecule has 0 saturated carbocycles. The van der Waals surface area contributed by atoms with E-state index in [0.29, 0.717) is 5.56 Å². The highest BCUT2D eigenvalue weighted by atomic mass is 16.7. The van der Waals surface area contributed by atoms with E-state index in [1.165, 1.54) is 20.1 Å². The summed E-state index contributed by atoms with van der Waals surface area (Å²) in [5.74, 6) is -3.08. The number of rotatable bonds is 9. The summed E-state index contributed by atoms with van der Waals surface area (Å²) in [6.07, 6.45) is -4.45. The lowest BCUT2D eigenvalue weighted by molar-refractivity contribution is -0.288. The molecule has 0 aliphatic carbocycles. The smallest absolute Gasteiger partial charge is 0.303 e. The molecule has 0 radical (unpaired) electrons. The van der Waals surface area contributed by atoms with Crippen molar-refractivity contribution in [3.05, 3.63) is 42.2 Å². The fourth-order valence-electron chi connectivity index (χ4n) is 4.34. The van der Waals surface area contributed by atoms with Crippen LogP contribution in [0.2, 0.25) is 0 Å². The Balaban J connectivity index is 1.98. The summed E-state index contributed by atoms with van der Waals surface area (Å²) in [6, 6.07) is 6.78. The quantitative estimate of drug-likeness (QED) is 0.317. The van der Waals surface area contributed by atoms with Gasteiger partial charge in [0.2, 0.25) is 12.4 Å². The second-order valence-corrected chi connectivity index (χ2v) is 9.06. The molecule has 1 aromatic carbocycles. The minimum atomic E-state index is -1.41. The van der Waals surface area contributed by atoms with Crippen LogP contribution in [0.4, 0.5) is 0 Å². The number of carbonyl (C=O) groups is 5. The van der Waals surface area contributed by atoms with Crippen LogP contribution in [0.15, 0.2) is 36.6 Å². The van der Waals surface area contributed by atoms with Gasteiger partial charge in [0.05, 0.1) is 6.26 Å². The average Bonchev–Trinajstić information content (AvgIpc) is 2.85. The SMILES string of the molecule is CC(=O)OCC1OC(Oc2ccccc2C2C[C@@H](OC(C)=O)C=CO2)C(OC(C)=O)C(OC(C)=O)C1OC(C)=O. The van der Waals surface area contributed by atoms with Crippen molar-refractivity contribution in [1.29, 1.82) is 0 Å². The Morgan fingerprint density at radius 2 is 1.38 bits per heavy atom. The second-order valence-electron chi connectivity index (χ2n) is 9.06. The van der Waals surface area contributed by atoms with Crippen molar-refractivity contribution in [3.8, 4) is 5.75 Å². The summed E-state index contributed by atoms with van der Waals surface area (Å²) < 4.78 is 44.6. The van der Waals surface area contributed by atoms with E-state index in [0.717, 1.165) is 20.8 Å². The molecule has 6 unspecified atom stereocenters. The van der Waals surface area contributed by atoms with Gasteiger partial charge in [-0.05, 0) is 12.1 Å². The number of benzene rings is 1. The van der Waals surface area contributed by atoms with Crippen molar-refractivity contribution in [2.75, 3.05) is 6.61 Å². The van der Waals surface area contributed by atoms with Crippen LogP contribution in [0.1, 0.15) is 52.7 Å². The summed E-state index contributed by atoms with van der Waals surface area (Å²) in [5.41, 5.74) is 0.553. The van der Waals surface area contributed by atoms with Crippen molar-refractivity contribution in [2.24, 2.45) is 0 Å². The van der Waals surface area contributed by atoms with Crippen LogP contribution in [0.5, 0.6) is 5.75 Å². The molecule has 2 heterocycles. The van der Waals surface area contributed by atoms with Gasteiger partial charge in [-0.3, -0.25) is 24.0 Å². The van der Waals surface area contributed by atoms with E-state index in [4.69, 9.17) is 37.9 Å². The van der Waals surface area contributed by atoms with Gasteiger partial charge in [-0.15, -0.1) is 0 Å². The molecule has 1 saturated heterocycles. The molecule has 1 fully saturated rings. The van der Waals surface area contributed by atoms with E-state index >= 15 is 0 Å². The third-order valence-corrected chi connectivity index (χ3v) is 5.76. The van der Waals surface area contributed by atoms with Gasteiger partial charge in [0.25, 0.3) is 0 Å². The van der Waals surface area contributed by atoms with Gasteiger partial charge in [0.1, 0.15) is 30.7 Å². The standard InChI is InChI=1S/C27H32O13/c1-14(28)34-13-23-24(36-16(3)30)25(37-17(4)31)26(38-18(5)32)27(40-23)39-21-9-7-6-8-20(21)22-12-19(10-11-33-22)35-15(2)29/h6-11,19,22-27H,12-13H2,1-5H3/t19-,22?,23?,24?,25?,26?,27?/m0/s1. The zero-order valence-corrected chi connectivity index (χ0v) is 22.7. The summed E-state index contributed by atoms with van der Waals surface area (Å²) in [6.45, 7) is 5.50. The molecule has 40 heavy (non-hydrogen) atoms. The summed E-state index contributed by atoms with van der Waals surface area (Å²) in [7, 11) is 0. The van der Waals surface area contributed by atoms with Gasteiger partial charge in [-0.25, -0.2) is 0 Å². The van der Waals surface area contributed by atoms with E-state index in [1.54, 1.807) is 30.3 Å². The molecule has 2 aliphatic rings. The Morgan fingerprint density at radius 3 is 2.00 bits per heavy atom. The largest absolute Gasteiger partial charge is 0.493 e. The molecular weight excluding hydrogens is 532 g/mol. The monoisotopic (exact) mass is 564 g/mol. The van der Waals surface area contributed by atoms with Crippen LogP contribution in [-0.4, -0.2) is 73.3 Å². The molecule has 0 aromatic heterocycles. The Hall–Kier alpha value is -4.13. The predicted octanol–water partition coefficient (Wildman–Crippen LogP) is 2.06. The van der Waals surface area contributed by atoms with Gasteiger partial charge in [-0.1, -0.05) is 18.2 Å². The Labute approximate surface area is 230 Å². The van der Waals surface area contributed by atoms with Gasteiger partial charge < -0.3 is 37.9 Å². The van der Waals surface area contributed by atoms with E-state index in [1.807, 2.05) is 0 Å². The Bertz CT molecular complexity index is 1130. The highest BCUT2D eigenvalue weighted by Gasteiger charge is 2.53. The summed E-state index contributed by atoms with van der Waals surface area (Å²) in [4.78, 5) is 59.1. The zero-order valence-electron chi connectivity index (χ0n) is 22.7. The molecule has 218 valence electrons. The molecule has 0 N–H and O–H groups in total. The minimum absolute atomic E-state index is 0.255. The fourth-order valence-corrected chi connectivity index (χ4v) is 4.34. The summed E-state index contributed by atoms with van der Waals surface area (Å²) >= 11 is 0. The lowest BCUT2D eigenvalue weighted by Crippen LogP contribution is -2.63. The zero-order chi connectivity index (χ0) is 29.4. The van der Waals surface area contributed by atoms with Crippen LogP contribution >= 0.6 is 0 Å². The first kappa shape index (κ1) is 30.4. The van der Waals surface area contributed by atoms with E-state index in [9.17, 15) is 24.0 Å². The predicted molar refractivity (Wildman–Crippen MR) is 132 cm³/mol. The maximum absolute atomic E-state index is 12.1. The van der Waals surface area contributed by atoms with Gasteiger partial charge in [0.15, 0.2) is 12.2 Å². The lowest BCUT2D eigenvalue weighted by Gasteiger charge is -2.44. The molecular formula is C27H32O13. The van der Waals surface area contributed by atoms with Crippen molar-refractivity contribution < 1.29 is 61.9 Å². The third kappa shape index (κ3) is 8.43. The first-order chi connectivity index (χ1) is 18.9. The normalized spacial score (nSPS) is 27.4. The number of hydrogen-bond donors (Lipinski definition) is 0. The molecule has 2 aliphatic heterocycles. The number of para-hydroxylation sites is 1. The molecule has 13 heteroatoms. The topological polar surface area (TPSA) is 159 Å².